The minimum atomic E-state index is -0.224. The summed E-state index contributed by atoms with van der Waals surface area (Å²) in [6.07, 6.45) is 0.876. The van der Waals surface area contributed by atoms with Gasteiger partial charge in [-0.1, -0.05) is 0 Å². The summed E-state index contributed by atoms with van der Waals surface area (Å²) in [7, 11) is 0. The summed E-state index contributed by atoms with van der Waals surface area (Å²) in [6.45, 7) is 4.99. The lowest BCUT2D eigenvalue weighted by Gasteiger charge is -2.35. The monoisotopic (exact) mass is 218 g/mol. The van der Waals surface area contributed by atoms with Gasteiger partial charge in [0.1, 0.15) is 5.82 Å². The lowest BCUT2D eigenvalue weighted by molar-refractivity contribution is 0.439. The summed E-state index contributed by atoms with van der Waals surface area (Å²) < 4.78 is 12.8. The Morgan fingerprint density at radius 1 is 1.38 bits per heavy atom. The van der Waals surface area contributed by atoms with Gasteiger partial charge in [-0.2, -0.15) is 5.26 Å². The fourth-order valence-corrected chi connectivity index (χ4v) is 2.39. The van der Waals surface area contributed by atoms with Gasteiger partial charge in [0.25, 0.3) is 0 Å². The van der Waals surface area contributed by atoms with E-state index in [0.717, 1.165) is 18.7 Å². The van der Waals surface area contributed by atoms with Crippen molar-refractivity contribution in [2.75, 3.05) is 11.4 Å². The highest BCUT2D eigenvalue weighted by atomic mass is 19.1. The number of hydrogen-bond acceptors (Lipinski definition) is 2. The standard InChI is InChI=1S/C13H15FN2/c1-13(2)10(9-15)7-8-16(13)12-5-3-11(14)4-6-12/h3-6,10H,7-8H2,1-2H3. The number of halogens is 1. The molecule has 0 bridgehead atoms. The molecule has 0 saturated carbocycles. The first-order valence-corrected chi connectivity index (χ1v) is 5.48. The zero-order valence-corrected chi connectivity index (χ0v) is 9.57. The minimum Gasteiger partial charge on any atom is -0.365 e. The molecule has 0 spiro atoms. The van der Waals surface area contributed by atoms with Crippen LogP contribution < -0.4 is 4.90 Å². The maximum atomic E-state index is 12.8. The van der Waals surface area contributed by atoms with Crippen LogP contribution in [-0.4, -0.2) is 12.1 Å². The van der Waals surface area contributed by atoms with Gasteiger partial charge < -0.3 is 4.90 Å². The molecular weight excluding hydrogens is 203 g/mol. The number of nitrogens with zero attached hydrogens (tertiary/aromatic N) is 2. The summed E-state index contributed by atoms with van der Waals surface area (Å²) >= 11 is 0. The van der Waals surface area contributed by atoms with Gasteiger partial charge in [-0.3, -0.25) is 0 Å². The smallest absolute Gasteiger partial charge is 0.123 e. The molecule has 2 nitrogen and oxygen atoms in total. The molecule has 1 saturated heterocycles. The molecule has 0 radical (unpaired) electrons. The lowest BCUT2D eigenvalue weighted by atomic mass is 9.89. The Hall–Kier alpha value is -1.56. The van der Waals surface area contributed by atoms with Crippen molar-refractivity contribution < 1.29 is 4.39 Å². The van der Waals surface area contributed by atoms with E-state index in [0.29, 0.717) is 0 Å². The van der Waals surface area contributed by atoms with Crippen molar-refractivity contribution in [3.05, 3.63) is 30.1 Å². The Kier molecular flexibility index (Phi) is 2.59. The Balaban J connectivity index is 2.30. The lowest BCUT2D eigenvalue weighted by Crippen LogP contribution is -2.42. The molecule has 1 aliphatic heterocycles. The van der Waals surface area contributed by atoms with Crippen LogP contribution in [0.2, 0.25) is 0 Å². The average Bonchev–Trinajstić information content (AvgIpc) is 2.54. The maximum Gasteiger partial charge on any atom is 0.123 e. The van der Waals surface area contributed by atoms with E-state index in [4.69, 9.17) is 5.26 Å². The quantitative estimate of drug-likeness (QED) is 0.724. The highest BCUT2D eigenvalue weighted by molar-refractivity contribution is 5.51. The van der Waals surface area contributed by atoms with Gasteiger partial charge in [-0.15, -0.1) is 0 Å². The van der Waals surface area contributed by atoms with Gasteiger partial charge >= 0.3 is 0 Å². The highest BCUT2D eigenvalue weighted by Crippen LogP contribution is 2.37. The van der Waals surface area contributed by atoms with Crippen LogP contribution in [0.15, 0.2) is 24.3 Å². The van der Waals surface area contributed by atoms with Crippen molar-refractivity contribution in [2.24, 2.45) is 5.92 Å². The second-order valence-electron chi connectivity index (χ2n) is 4.75. The van der Waals surface area contributed by atoms with Crippen LogP contribution in [-0.2, 0) is 0 Å². The molecule has 1 aromatic rings. The molecule has 2 rings (SSSR count). The van der Waals surface area contributed by atoms with E-state index < -0.39 is 0 Å². The zero-order chi connectivity index (χ0) is 11.8. The third-order valence-electron chi connectivity index (χ3n) is 3.48. The summed E-state index contributed by atoms with van der Waals surface area (Å²) in [5.74, 6) is -0.185. The minimum absolute atomic E-state index is 0.0394. The van der Waals surface area contributed by atoms with E-state index in [1.54, 1.807) is 12.1 Å². The van der Waals surface area contributed by atoms with Crippen molar-refractivity contribution in [2.45, 2.75) is 25.8 Å². The van der Waals surface area contributed by atoms with Gasteiger partial charge in [-0.25, -0.2) is 4.39 Å². The number of benzene rings is 1. The largest absolute Gasteiger partial charge is 0.365 e. The van der Waals surface area contributed by atoms with E-state index in [2.05, 4.69) is 24.8 Å². The molecule has 84 valence electrons. The number of nitriles is 1. The Labute approximate surface area is 95.3 Å². The zero-order valence-electron chi connectivity index (χ0n) is 9.57. The van der Waals surface area contributed by atoms with Crippen LogP contribution in [0.25, 0.3) is 0 Å². The van der Waals surface area contributed by atoms with Crippen molar-refractivity contribution in [3.63, 3.8) is 0 Å². The molecule has 16 heavy (non-hydrogen) atoms. The third-order valence-corrected chi connectivity index (χ3v) is 3.48. The maximum absolute atomic E-state index is 12.8. The van der Waals surface area contributed by atoms with E-state index in [1.165, 1.54) is 12.1 Å². The second kappa shape index (κ2) is 3.79. The van der Waals surface area contributed by atoms with E-state index in [1.807, 2.05) is 0 Å². The Bertz CT molecular complexity index is 417. The topological polar surface area (TPSA) is 27.0 Å². The van der Waals surface area contributed by atoms with E-state index in [9.17, 15) is 4.39 Å². The van der Waals surface area contributed by atoms with Crippen LogP contribution in [0.1, 0.15) is 20.3 Å². The molecule has 1 atom stereocenters. The Morgan fingerprint density at radius 2 is 2.00 bits per heavy atom. The van der Waals surface area contributed by atoms with Crippen LogP contribution in [0, 0.1) is 23.1 Å². The van der Waals surface area contributed by atoms with Gasteiger partial charge in [0, 0.05) is 12.2 Å². The number of rotatable bonds is 1. The highest BCUT2D eigenvalue weighted by Gasteiger charge is 2.41. The normalized spacial score (nSPS) is 23.1. The van der Waals surface area contributed by atoms with Crippen molar-refractivity contribution in [1.29, 1.82) is 5.26 Å². The molecule has 1 fully saturated rings. The summed E-state index contributed by atoms with van der Waals surface area (Å²) in [5.41, 5.74) is 0.816. The second-order valence-corrected chi connectivity index (χ2v) is 4.75. The van der Waals surface area contributed by atoms with E-state index in [-0.39, 0.29) is 17.3 Å². The predicted molar refractivity (Wildman–Crippen MR) is 61.5 cm³/mol. The number of anilines is 1. The Morgan fingerprint density at radius 3 is 2.50 bits per heavy atom. The first-order valence-electron chi connectivity index (χ1n) is 5.48. The summed E-state index contributed by atoms with van der Waals surface area (Å²) in [6, 6.07) is 8.83. The molecule has 0 N–H and O–H groups in total. The van der Waals surface area contributed by atoms with E-state index >= 15 is 0 Å². The predicted octanol–water partition coefficient (Wildman–Crippen LogP) is 2.95. The molecular formula is C13H15FN2. The molecule has 3 heteroatoms. The molecule has 0 amide bonds. The first kappa shape index (κ1) is 10.9. The number of hydrogen-bond donors (Lipinski definition) is 0. The molecule has 1 aromatic carbocycles. The van der Waals surface area contributed by atoms with Gasteiger partial charge in [0.15, 0.2) is 0 Å². The van der Waals surface area contributed by atoms with Gasteiger partial charge in [-0.05, 0) is 44.5 Å². The molecule has 1 heterocycles. The first-order chi connectivity index (χ1) is 7.55. The van der Waals surface area contributed by atoms with Crippen LogP contribution in [0.4, 0.5) is 10.1 Å². The molecule has 1 unspecified atom stereocenters. The fourth-order valence-electron chi connectivity index (χ4n) is 2.39. The van der Waals surface area contributed by atoms with Gasteiger partial charge in [0.2, 0.25) is 0 Å². The molecule has 1 aliphatic rings. The fraction of sp³-hybridized carbons (Fsp3) is 0.462. The third kappa shape index (κ3) is 1.65. The average molecular weight is 218 g/mol. The van der Waals surface area contributed by atoms with Crippen molar-refractivity contribution in [1.82, 2.24) is 0 Å². The molecule has 0 aromatic heterocycles. The summed E-state index contributed by atoms with van der Waals surface area (Å²) in [4.78, 5) is 2.18. The van der Waals surface area contributed by atoms with Crippen LogP contribution >= 0.6 is 0 Å². The SMILES string of the molecule is CC1(C)C(C#N)CCN1c1ccc(F)cc1. The van der Waals surface area contributed by atoms with Gasteiger partial charge in [0.05, 0.1) is 17.5 Å². The molecule has 0 aliphatic carbocycles. The van der Waals surface area contributed by atoms with Crippen LogP contribution in [0.5, 0.6) is 0 Å². The van der Waals surface area contributed by atoms with Crippen LogP contribution in [0.3, 0.4) is 0 Å². The summed E-state index contributed by atoms with van der Waals surface area (Å²) in [5, 5.41) is 9.07. The van der Waals surface area contributed by atoms with Crippen molar-refractivity contribution >= 4 is 5.69 Å². The van der Waals surface area contributed by atoms with Crippen molar-refractivity contribution in [3.8, 4) is 6.07 Å².